The molecule has 0 aromatic heterocycles. The molecule has 0 saturated heterocycles. The van der Waals surface area contributed by atoms with Crippen molar-refractivity contribution in [3.63, 3.8) is 0 Å². The maximum atomic E-state index is 6.39. The highest BCUT2D eigenvalue weighted by Crippen LogP contribution is 2.32. The summed E-state index contributed by atoms with van der Waals surface area (Å²) in [6.07, 6.45) is 8.18. The molecule has 0 saturated carbocycles. The zero-order chi connectivity index (χ0) is 12.3. The molecule has 1 atom stereocenters. The first-order valence-corrected chi connectivity index (χ1v) is 6.09. The van der Waals surface area contributed by atoms with Crippen molar-refractivity contribution < 1.29 is 0 Å². The number of hydrogen-bond donors (Lipinski definition) is 1. The Morgan fingerprint density at radius 1 is 1.29 bits per heavy atom. The fourth-order valence-corrected chi connectivity index (χ4v) is 2.46. The van der Waals surface area contributed by atoms with Crippen LogP contribution in [-0.2, 0) is 6.42 Å². The summed E-state index contributed by atoms with van der Waals surface area (Å²) >= 11 is 0. The molecule has 1 aliphatic rings. The van der Waals surface area contributed by atoms with Crippen LogP contribution in [0.25, 0.3) is 0 Å². The predicted molar refractivity (Wildman–Crippen MR) is 73.7 cm³/mol. The number of nitrogens with two attached hydrogens (primary N) is 1. The Hall–Kier alpha value is -1.60. The molecule has 0 bridgehead atoms. The van der Waals surface area contributed by atoms with Crippen molar-refractivity contribution in [3.05, 3.63) is 71.3 Å². The fraction of sp³-hybridized carbons (Fsp3) is 0.250. The predicted octanol–water partition coefficient (Wildman–Crippen LogP) is 3.69. The quantitative estimate of drug-likeness (QED) is 0.816. The van der Waals surface area contributed by atoms with E-state index in [0.29, 0.717) is 0 Å². The van der Waals surface area contributed by atoms with Gasteiger partial charge in [0.15, 0.2) is 0 Å². The third-order valence-electron chi connectivity index (χ3n) is 3.35. The van der Waals surface area contributed by atoms with Crippen LogP contribution < -0.4 is 5.73 Å². The minimum Gasteiger partial charge on any atom is -0.320 e. The van der Waals surface area contributed by atoms with Gasteiger partial charge in [-0.15, -0.1) is 0 Å². The Kier molecular flexibility index (Phi) is 3.60. The van der Waals surface area contributed by atoms with Crippen LogP contribution in [0.3, 0.4) is 0 Å². The number of hydrogen-bond acceptors (Lipinski definition) is 1. The Balaban J connectivity index is 2.53. The summed E-state index contributed by atoms with van der Waals surface area (Å²) in [7, 11) is 0. The molecule has 0 radical (unpaired) electrons. The molecule has 2 N–H and O–H groups in total. The zero-order valence-corrected chi connectivity index (χ0v) is 10.3. The van der Waals surface area contributed by atoms with Gasteiger partial charge in [-0.1, -0.05) is 49.1 Å². The first kappa shape index (κ1) is 11.9. The SMILES string of the molecule is C=CC1=C(/C=C\C)C(N)c2ccccc2CC1. The standard InChI is InChI=1S/C16H19N/c1-3-7-14-12(4-2)10-11-13-8-5-6-9-15(13)16(14)17/h3-9,16H,2,10-11,17H2,1H3/b7-3-. The van der Waals surface area contributed by atoms with E-state index in [1.807, 2.05) is 19.1 Å². The average Bonchev–Trinajstić information content (AvgIpc) is 2.49. The van der Waals surface area contributed by atoms with Gasteiger partial charge < -0.3 is 5.73 Å². The molecule has 1 unspecified atom stereocenters. The van der Waals surface area contributed by atoms with Crippen LogP contribution in [0.1, 0.15) is 30.5 Å². The van der Waals surface area contributed by atoms with Crippen molar-refractivity contribution in [2.45, 2.75) is 25.8 Å². The molecule has 1 heteroatoms. The van der Waals surface area contributed by atoms with Gasteiger partial charge in [0.25, 0.3) is 0 Å². The van der Waals surface area contributed by atoms with Crippen LogP contribution in [0.4, 0.5) is 0 Å². The molecule has 1 aromatic rings. The lowest BCUT2D eigenvalue weighted by molar-refractivity contribution is 0.860. The number of rotatable bonds is 2. The second-order valence-corrected chi connectivity index (χ2v) is 4.36. The number of allylic oxidation sites excluding steroid dienone is 3. The lowest BCUT2D eigenvalue weighted by atomic mass is 9.95. The monoisotopic (exact) mass is 225 g/mol. The van der Waals surface area contributed by atoms with Gasteiger partial charge in [-0.3, -0.25) is 0 Å². The second-order valence-electron chi connectivity index (χ2n) is 4.36. The summed E-state index contributed by atoms with van der Waals surface area (Å²) in [6.45, 7) is 5.93. The molecule has 0 spiro atoms. The van der Waals surface area contributed by atoms with Gasteiger partial charge in [-0.2, -0.15) is 0 Å². The number of fused-ring (bicyclic) bond motifs is 1. The molecule has 17 heavy (non-hydrogen) atoms. The van der Waals surface area contributed by atoms with E-state index in [9.17, 15) is 0 Å². The minimum atomic E-state index is -0.0297. The first-order valence-electron chi connectivity index (χ1n) is 6.09. The van der Waals surface area contributed by atoms with E-state index >= 15 is 0 Å². The highest BCUT2D eigenvalue weighted by Gasteiger charge is 2.19. The zero-order valence-electron chi connectivity index (χ0n) is 10.3. The van der Waals surface area contributed by atoms with Gasteiger partial charge in [-0.05, 0) is 42.0 Å². The Labute approximate surface area is 103 Å². The molecule has 0 aliphatic heterocycles. The lowest BCUT2D eigenvalue weighted by Crippen LogP contribution is -2.13. The summed E-state index contributed by atoms with van der Waals surface area (Å²) in [5.41, 5.74) is 11.5. The number of benzene rings is 1. The molecule has 2 rings (SSSR count). The topological polar surface area (TPSA) is 26.0 Å². The summed E-state index contributed by atoms with van der Waals surface area (Å²) in [5.74, 6) is 0. The van der Waals surface area contributed by atoms with E-state index in [0.717, 1.165) is 12.8 Å². The lowest BCUT2D eigenvalue weighted by Gasteiger charge is -2.15. The third kappa shape index (κ3) is 2.25. The smallest absolute Gasteiger partial charge is 0.0556 e. The van der Waals surface area contributed by atoms with Gasteiger partial charge >= 0.3 is 0 Å². The molecule has 0 heterocycles. The Morgan fingerprint density at radius 3 is 2.76 bits per heavy atom. The van der Waals surface area contributed by atoms with Crippen molar-refractivity contribution in [2.75, 3.05) is 0 Å². The van der Waals surface area contributed by atoms with Gasteiger partial charge in [0.1, 0.15) is 0 Å². The highest BCUT2D eigenvalue weighted by atomic mass is 14.6. The van der Waals surface area contributed by atoms with Crippen molar-refractivity contribution in [1.29, 1.82) is 0 Å². The van der Waals surface area contributed by atoms with Gasteiger partial charge in [-0.25, -0.2) is 0 Å². The van der Waals surface area contributed by atoms with Crippen LogP contribution in [0.15, 0.2) is 60.2 Å². The molecular formula is C16H19N. The molecule has 0 fully saturated rings. The normalized spacial score (nSPS) is 20.2. The summed E-state index contributed by atoms with van der Waals surface area (Å²) in [6, 6.07) is 8.42. The maximum Gasteiger partial charge on any atom is 0.0556 e. The first-order chi connectivity index (χ1) is 8.27. The van der Waals surface area contributed by atoms with Crippen molar-refractivity contribution in [3.8, 4) is 0 Å². The van der Waals surface area contributed by atoms with Crippen LogP contribution >= 0.6 is 0 Å². The van der Waals surface area contributed by atoms with Gasteiger partial charge in [0.05, 0.1) is 6.04 Å². The molecular weight excluding hydrogens is 206 g/mol. The summed E-state index contributed by atoms with van der Waals surface area (Å²) in [4.78, 5) is 0. The molecule has 0 amide bonds. The molecule has 1 aliphatic carbocycles. The molecule has 88 valence electrons. The number of aryl methyl sites for hydroxylation is 1. The van der Waals surface area contributed by atoms with Crippen LogP contribution in [0.5, 0.6) is 0 Å². The van der Waals surface area contributed by atoms with Crippen molar-refractivity contribution in [1.82, 2.24) is 0 Å². The minimum absolute atomic E-state index is 0.0297. The van der Waals surface area contributed by atoms with E-state index < -0.39 is 0 Å². The largest absolute Gasteiger partial charge is 0.320 e. The van der Waals surface area contributed by atoms with E-state index in [2.05, 4.69) is 36.9 Å². The van der Waals surface area contributed by atoms with Gasteiger partial charge in [0.2, 0.25) is 0 Å². The van der Waals surface area contributed by atoms with Crippen molar-refractivity contribution in [2.24, 2.45) is 5.73 Å². The highest BCUT2D eigenvalue weighted by molar-refractivity contribution is 5.46. The second kappa shape index (κ2) is 5.15. The van der Waals surface area contributed by atoms with Crippen LogP contribution in [-0.4, -0.2) is 0 Å². The van der Waals surface area contributed by atoms with Gasteiger partial charge in [0, 0.05) is 0 Å². The Morgan fingerprint density at radius 2 is 2.06 bits per heavy atom. The van der Waals surface area contributed by atoms with E-state index in [-0.39, 0.29) is 6.04 Å². The molecule has 1 aromatic carbocycles. The average molecular weight is 225 g/mol. The Bertz CT molecular complexity index is 480. The fourth-order valence-electron chi connectivity index (χ4n) is 2.46. The summed E-state index contributed by atoms with van der Waals surface area (Å²) in [5, 5.41) is 0. The van der Waals surface area contributed by atoms with E-state index in [4.69, 9.17) is 5.73 Å². The molecule has 1 nitrogen and oxygen atoms in total. The summed E-state index contributed by atoms with van der Waals surface area (Å²) < 4.78 is 0. The maximum absolute atomic E-state index is 6.39. The van der Waals surface area contributed by atoms with E-state index in [1.165, 1.54) is 22.3 Å². The van der Waals surface area contributed by atoms with Crippen LogP contribution in [0, 0.1) is 0 Å². The van der Waals surface area contributed by atoms with E-state index in [1.54, 1.807) is 0 Å². The van der Waals surface area contributed by atoms with Crippen molar-refractivity contribution >= 4 is 0 Å². The van der Waals surface area contributed by atoms with Crippen LogP contribution in [0.2, 0.25) is 0 Å². The third-order valence-corrected chi connectivity index (χ3v) is 3.35.